The molecule has 0 saturated carbocycles. The molecule has 2 unspecified atom stereocenters. The fraction of sp³-hybridized carbons (Fsp3) is 0.548. The van der Waals surface area contributed by atoms with Crippen LogP contribution in [0.3, 0.4) is 0 Å². The van der Waals surface area contributed by atoms with Crippen LogP contribution in [-0.4, -0.2) is 34.6 Å². The minimum atomic E-state index is -0.866. The van der Waals surface area contributed by atoms with Crippen molar-refractivity contribution in [2.24, 2.45) is 11.3 Å². The van der Waals surface area contributed by atoms with Crippen molar-refractivity contribution in [1.82, 2.24) is 0 Å². The molecule has 0 aliphatic rings. The molecule has 0 saturated heterocycles. The average Bonchev–Trinajstić information content (AvgIpc) is 2.81. The fourth-order valence-corrected chi connectivity index (χ4v) is 2.56. The van der Waals surface area contributed by atoms with Crippen molar-refractivity contribution < 1.29 is 24.8 Å². The summed E-state index contributed by atoms with van der Waals surface area (Å²) < 4.78 is 11.2. The highest BCUT2D eigenvalue weighted by atomic mass is 16.5. The maximum atomic E-state index is 10.1. The number of ether oxygens (including phenoxy) is 2. The Balaban J connectivity index is -0.000000930. The van der Waals surface area contributed by atoms with E-state index in [0.29, 0.717) is 28.1 Å². The molecule has 0 heterocycles. The first-order valence-electron chi connectivity index (χ1n) is 12.7. The van der Waals surface area contributed by atoms with Gasteiger partial charge in [0, 0.05) is 11.1 Å². The molecule has 0 aromatic heterocycles. The molecule has 208 valence electrons. The third-order valence-electron chi connectivity index (χ3n) is 3.71. The summed E-state index contributed by atoms with van der Waals surface area (Å²) in [6.45, 7) is 27.2. The summed E-state index contributed by atoms with van der Waals surface area (Å²) in [7, 11) is 0. The molecule has 2 atom stereocenters. The van der Waals surface area contributed by atoms with Gasteiger partial charge in [0.2, 0.25) is 0 Å². The van der Waals surface area contributed by atoms with E-state index in [-0.39, 0.29) is 32.3 Å². The molecule has 0 aliphatic heterocycles. The Morgan fingerprint density at radius 1 is 1.00 bits per heavy atom. The van der Waals surface area contributed by atoms with E-state index in [0.717, 1.165) is 5.56 Å². The quantitative estimate of drug-likeness (QED) is 0.167. The van der Waals surface area contributed by atoms with Gasteiger partial charge in [0.15, 0.2) is 0 Å². The molecule has 0 aliphatic carbocycles. The highest BCUT2D eigenvalue weighted by molar-refractivity contribution is 5.44. The van der Waals surface area contributed by atoms with E-state index in [1.54, 1.807) is 24.3 Å². The summed E-state index contributed by atoms with van der Waals surface area (Å²) in [6, 6.07) is 3.58. The minimum absolute atomic E-state index is 0.0160. The summed E-state index contributed by atoms with van der Waals surface area (Å²) in [5.74, 6) is 1.20. The van der Waals surface area contributed by atoms with Gasteiger partial charge in [-0.3, -0.25) is 0 Å². The number of allylic oxidation sites excluding steroid dienone is 5. The van der Waals surface area contributed by atoms with E-state index in [4.69, 9.17) is 9.47 Å². The maximum absolute atomic E-state index is 10.1. The maximum Gasteiger partial charge on any atom is 0.130 e. The van der Waals surface area contributed by atoms with Crippen LogP contribution in [0.25, 0.3) is 0 Å². The van der Waals surface area contributed by atoms with Gasteiger partial charge in [-0.15, -0.1) is 6.58 Å². The van der Waals surface area contributed by atoms with Crippen LogP contribution in [0.4, 0.5) is 0 Å². The normalized spacial score (nSPS) is 12.5. The van der Waals surface area contributed by atoms with Crippen molar-refractivity contribution in [3.05, 3.63) is 78.1 Å². The molecule has 1 rings (SSSR count). The van der Waals surface area contributed by atoms with E-state index in [2.05, 4.69) is 40.9 Å². The van der Waals surface area contributed by atoms with Crippen LogP contribution < -0.4 is 4.74 Å². The van der Waals surface area contributed by atoms with Gasteiger partial charge in [-0.25, -0.2) is 0 Å². The molecular weight excluding hydrogens is 452 g/mol. The standard InChI is InChI=1S/C21H30O5.C5H12.C3H6.C2H6/c1-5-7-15(3)10-20(6-2)25-13-19(24)14-26-21-17(11-22)8-16(4)9-18(21)12-23;1-5(2,3)4;1-3-2;1-2/h5-10,15,19,22-24H,2,11-14H2,1,3-4H3;1-4H3;3H,1H2,2H3;1-2H3/b7-5-,20-10+;;;. The van der Waals surface area contributed by atoms with E-state index in [9.17, 15) is 15.3 Å². The summed E-state index contributed by atoms with van der Waals surface area (Å²) in [4.78, 5) is 0. The lowest BCUT2D eigenvalue weighted by atomic mass is 10.0. The Morgan fingerprint density at radius 2 is 1.44 bits per heavy atom. The number of hydrogen-bond donors (Lipinski definition) is 3. The van der Waals surface area contributed by atoms with Crippen molar-refractivity contribution in [1.29, 1.82) is 0 Å². The van der Waals surface area contributed by atoms with Gasteiger partial charge in [-0.1, -0.05) is 91.0 Å². The number of rotatable bonds is 11. The van der Waals surface area contributed by atoms with Crippen LogP contribution in [0.1, 0.15) is 79.0 Å². The first-order valence-corrected chi connectivity index (χ1v) is 12.7. The SMILES string of the molecule is C=C/C(=C\C(C)/C=C\C)OCC(O)COc1c(CO)cc(C)cc1CO.C=CC.CC.CC(C)(C)C. The van der Waals surface area contributed by atoms with Gasteiger partial charge in [0.05, 0.1) is 13.2 Å². The van der Waals surface area contributed by atoms with E-state index in [1.807, 2.05) is 59.8 Å². The topological polar surface area (TPSA) is 79.2 Å². The molecule has 0 amide bonds. The third-order valence-corrected chi connectivity index (χ3v) is 3.71. The van der Waals surface area contributed by atoms with Gasteiger partial charge in [-0.2, -0.15) is 0 Å². The zero-order chi connectivity index (χ0) is 28.7. The highest BCUT2D eigenvalue weighted by Crippen LogP contribution is 2.26. The molecule has 0 fully saturated rings. The van der Waals surface area contributed by atoms with Gasteiger partial charge in [0.1, 0.15) is 30.8 Å². The predicted molar refractivity (Wildman–Crippen MR) is 155 cm³/mol. The Hall–Kier alpha value is -2.34. The molecule has 1 aromatic carbocycles. The smallest absolute Gasteiger partial charge is 0.130 e. The largest absolute Gasteiger partial charge is 0.491 e. The predicted octanol–water partition coefficient (Wildman–Crippen LogP) is 7.29. The van der Waals surface area contributed by atoms with E-state index >= 15 is 0 Å². The lowest BCUT2D eigenvalue weighted by Crippen LogP contribution is -2.24. The number of benzene rings is 1. The van der Waals surface area contributed by atoms with Crippen molar-refractivity contribution in [2.75, 3.05) is 13.2 Å². The minimum Gasteiger partial charge on any atom is -0.491 e. The van der Waals surface area contributed by atoms with Crippen molar-refractivity contribution in [3.8, 4) is 5.75 Å². The van der Waals surface area contributed by atoms with Crippen LogP contribution in [0.15, 0.2) is 61.4 Å². The number of aryl methyl sites for hydroxylation is 1. The molecule has 0 radical (unpaired) electrons. The van der Waals surface area contributed by atoms with Gasteiger partial charge >= 0.3 is 0 Å². The second-order valence-electron chi connectivity index (χ2n) is 9.57. The second kappa shape index (κ2) is 23.1. The number of hydrogen-bond acceptors (Lipinski definition) is 5. The van der Waals surface area contributed by atoms with Gasteiger partial charge in [-0.05, 0) is 44.3 Å². The molecule has 5 nitrogen and oxygen atoms in total. The van der Waals surface area contributed by atoms with Gasteiger partial charge < -0.3 is 24.8 Å². The van der Waals surface area contributed by atoms with Crippen molar-refractivity contribution in [2.45, 2.75) is 88.6 Å². The monoisotopic (exact) mass is 506 g/mol. The van der Waals surface area contributed by atoms with Gasteiger partial charge in [0.25, 0.3) is 0 Å². The molecule has 3 N–H and O–H groups in total. The zero-order valence-electron chi connectivity index (χ0n) is 24.6. The molecular formula is C31H54O5. The summed E-state index contributed by atoms with van der Waals surface area (Å²) in [5.41, 5.74) is 2.58. The first-order chi connectivity index (χ1) is 16.9. The van der Waals surface area contributed by atoms with Crippen molar-refractivity contribution in [3.63, 3.8) is 0 Å². The van der Waals surface area contributed by atoms with Crippen LogP contribution >= 0.6 is 0 Å². The average molecular weight is 507 g/mol. The molecule has 0 spiro atoms. The van der Waals surface area contributed by atoms with Crippen molar-refractivity contribution >= 4 is 0 Å². The molecule has 36 heavy (non-hydrogen) atoms. The Labute approximate surface area is 221 Å². The Bertz CT molecular complexity index is 726. The second-order valence-corrected chi connectivity index (χ2v) is 9.57. The number of aliphatic hydroxyl groups excluding tert-OH is 3. The van der Waals surface area contributed by atoms with Crippen LogP contribution in [0.5, 0.6) is 5.75 Å². The molecule has 5 heteroatoms. The summed E-state index contributed by atoms with van der Waals surface area (Å²) in [6.07, 6.45) is 8.38. The van der Waals surface area contributed by atoms with Crippen LogP contribution in [0, 0.1) is 18.3 Å². The first kappa shape index (κ1) is 38.2. The fourth-order valence-electron chi connectivity index (χ4n) is 2.56. The van der Waals surface area contributed by atoms with E-state index < -0.39 is 6.10 Å². The number of aliphatic hydroxyl groups is 3. The lowest BCUT2D eigenvalue weighted by molar-refractivity contribution is 0.0390. The van der Waals surface area contributed by atoms with E-state index in [1.165, 1.54) is 0 Å². The Kier molecular flexibility index (Phi) is 24.5. The highest BCUT2D eigenvalue weighted by Gasteiger charge is 2.14. The zero-order valence-corrected chi connectivity index (χ0v) is 24.6. The molecule has 0 bridgehead atoms. The van der Waals surface area contributed by atoms with Crippen LogP contribution in [-0.2, 0) is 18.0 Å². The van der Waals surface area contributed by atoms with Crippen LogP contribution in [0.2, 0.25) is 0 Å². The summed E-state index contributed by atoms with van der Waals surface area (Å²) >= 11 is 0. The Morgan fingerprint density at radius 3 is 1.81 bits per heavy atom. The summed E-state index contributed by atoms with van der Waals surface area (Å²) in [5, 5.41) is 29.1. The molecule has 1 aromatic rings. The third kappa shape index (κ3) is 22.1. The lowest BCUT2D eigenvalue weighted by Gasteiger charge is -2.18.